The average molecular weight is 425 g/mol. The Bertz CT molecular complexity index is 595. The number of benzene rings is 1. The van der Waals surface area contributed by atoms with Gasteiger partial charge in [0, 0.05) is 9.35 Å². The van der Waals surface area contributed by atoms with Gasteiger partial charge in [-0.1, -0.05) is 33.6 Å². The molecule has 0 radical (unpaired) electrons. The van der Waals surface area contributed by atoms with Crippen LogP contribution in [-0.4, -0.2) is 13.2 Å². The molecule has 1 unspecified atom stereocenters. The van der Waals surface area contributed by atoms with Crippen LogP contribution in [0.3, 0.4) is 0 Å². The van der Waals surface area contributed by atoms with Gasteiger partial charge in [0.25, 0.3) is 0 Å². The minimum Gasteiger partial charge on any atom is -0.486 e. The van der Waals surface area contributed by atoms with E-state index in [0.717, 1.165) is 30.7 Å². The van der Waals surface area contributed by atoms with Crippen LogP contribution in [0.4, 0.5) is 0 Å². The first kappa shape index (κ1) is 13.7. The van der Waals surface area contributed by atoms with Crippen molar-refractivity contribution in [2.45, 2.75) is 4.83 Å². The Labute approximate surface area is 136 Å². The minimum absolute atomic E-state index is 0.0946. The van der Waals surface area contributed by atoms with Gasteiger partial charge in [0.1, 0.15) is 17.6 Å². The number of halogens is 3. The highest BCUT2D eigenvalue weighted by Gasteiger charge is 2.18. The molecule has 6 heteroatoms. The standard InChI is InChI=1S/C13H9Br2ClO2S/c14-8-6-11(19-13(8)16)12(15)7-1-2-9-10(5-7)18-4-3-17-9/h1-2,5-6,12H,3-4H2. The lowest BCUT2D eigenvalue weighted by atomic mass is 10.1. The van der Waals surface area contributed by atoms with Crippen molar-refractivity contribution >= 4 is 54.8 Å². The molecule has 1 aliphatic heterocycles. The number of ether oxygens (including phenoxy) is 2. The van der Waals surface area contributed by atoms with Crippen LogP contribution in [0.25, 0.3) is 0 Å². The number of alkyl halides is 1. The van der Waals surface area contributed by atoms with Crippen LogP contribution in [0.15, 0.2) is 28.7 Å². The van der Waals surface area contributed by atoms with Crippen molar-refractivity contribution in [1.29, 1.82) is 0 Å². The number of rotatable bonds is 2. The molecule has 2 aromatic rings. The first-order chi connectivity index (χ1) is 9.15. The molecule has 1 atom stereocenters. The van der Waals surface area contributed by atoms with Crippen LogP contribution < -0.4 is 9.47 Å². The predicted octanol–water partition coefficient (Wildman–Crippen LogP) is 5.42. The monoisotopic (exact) mass is 422 g/mol. The topological polar surface area (TPSA) is 18.5 Å². The van der Waals surface area contributed by atoms with Crippen molar-refractivity contribution in [3.8, 4) is 11.5 Å². The van der Waals surface area contributed by atoms with Crippen molar-refractivity contribution in [1.82, 2.24) is 0 Å². The molecule has 1 aromatic heterocycles. The van der Waals surface area contributed by atoms with E-state index in [-0.39, 0.29) is 4.83 Å². The van der Waals surface area contributed by atoms with Gasteiger partial charge in [-0.2, -0.15) is 0 Å². The van der Waals surface area contributed by atoms with Gasteiger partial charge in [-0.25, -0.2) is 0 Å². The maximum atomic E-state index is 6.08. The van der Waals surface area contributed by atoms with Gasteiger partial charge in [-0.05, 0) is 39.7 Å². The highest BCUT2D eigenvalue weighted by molar-refractivity contribution is 9.10. The highest BCUT2D eigenvalue weighted by atomic mass is 79.9. The summed E-state index contributed by atoms with van der Waals surface area (Å²) in [4.78, 5) is 1.24. The van der Waals surface area contributed by atoms with Crippen LogP contribution in [0, 0.1) is 0 Å². The highest BCUT2D eigenvalue weighted by Crippen LogP contribution is 2.43. The van der Waals surface area contributed by atoms with Crippen molar-refractivity contribution in [2.75, 3.05) is 13.2 Å². The molecule has 0 amide bonds. The van der Waals surface area contributed by atoms with Crippen LogP contribution >= 0.6 is 54.8 Å². The van der Waals surface area contributed by atoms with Crippen LogP contribution in [0.1, 0.15) is 15.3 Å². The largest absolute Gasteiger partial charge is 0.486 e. The maximum Gasteiger partial charge on any atom is 0.161 e. The second kappa shape index (κ2) is 5.64. The minimum atomic E-state index is 0.0946. The van der Waals surface area contributed by atoms with Gasteiger partial charge in [-0.15, -0.1) is 11.3 Å². The van der Waals surface area contributed by atoms with Gasteiger partial charge in [0.2, 0.25) is 0 Å². The van der Waals surface area contributed by atoms with Gasteiger partial charge < -0.3 is 9.47 Å². The zero-order valence-corrected chi connectivity index (χ0v) is 14.4. The Morgan fingerprint density at radius 2 is 1.89 bits per heavy atom. The third kappa shape index (κ3) is 2.79. The summed E-state index contributed by atoms with van der Waals surface area (Å²) in [7, 11) is 0. The lowest BCUT2D eigenvalue weighted by Crippen LogP contribution is -2.15. The Morgan fingerprint density at radius 1 is 1.16 bits per heavy atom. The van der Waals surface area contributed by atoms with Crippen LogP contribution in [0.2, 0.25) is 4.34 Å². The van der Waals surface area contributed by atoms with Crippen molar-refractivity contribution in [3.63, 3.8) is 0 Å². The maximum absolute atomic E-state index is 6.08. The Hall–Kier alpha value is -0.230. The SMILES string of the molecule is Clc1sc(C(Br)c2ccc3c(c2)OCCO3)cc1Br. The molecule has 19 heavy (non-hydrogen) atoms. The molecule has 0 spiro atoms. The van der Waals surface area contributed by atoms with Gasteiger partial charge in [-0.3, -0.25) is 0 Å². The molecule has 1 aliphatic rings. The summed E-state index contributed by atoms with van der Waals surface area (Å²) in [5.74, 6) is 1.61. The van der Waals surface area contributed by atoms with E-state index < -0.39 is 0 Å². The molecular formula is C13H9Br2ClO2S. The van der Waals surface area contributed by atoms with Gasteiger partial charge >= 0.3 is 0 Å². The molecule has 0 saturated heterocycles. The molecule has 2 heterocycles. The summed E-state index contributed by atoms with van der Waals surface area (Å²) < 4.78 is 12.8. The first-order valence-corrected chi connectivity index (χ1v) is 8.54. The summed E-state index contributed by atoms with van der Waals surface area (Å²) in [6.07, 6.45) is 0. The molecule has 0 fully saturated rings. The van der Waals surface area contributed by atoms with E-state index in [2.05, 4.69) is 31.9 Å². The van der Waals surface area contributed by atoms with Crippen molar-refractivity contribution in [3.05, 3.63) is 43.5 Å². The third-order valence-corrected chi connectivity index (χ3v) is 6.64. The van der Waals surface area contributed by atoms with Gasteiger partial charge in [0.15, 0.2) is 11.5 Å². The normalized spacial score (nSPS) is 15.3. The quantitative estimate of drug-likeness (QED) is 0.600. The molecule has 2 nitrogen and oxygen atoms in total. The van der Waals surface area contributed by atoms with E-state index in [1.54, 1.807) is 11.3 Å². The van der Waals surface area contributed by atoms with Crippen LogP contribution in [0.5, 0.6) is 11.5 Å². The summed E-state index contributed by atoms with van der Waals surface area (Å²) >= 11 is 14.8. The fourth-order valence-corrected chi connectivity index (χ4v) is 4.31. The molecule has 0 bridgehead atoms. The molecule has 1 aromatic carbocycles. The third-order valence-electron chi connectivity index (χ3n) is 2.77. The fraction of sp³-hybridized carbons (Fsp3) is 0.231. The Kier molecular flexibility index (Phi) is 4.08. The van der Waals surface area contributed by atoms with Crippen molar-refractivity contribution < 1.29 is 9.47 Å². The molecule has 0 N–H and O–H groups in total. The van der Waals surface area contributed by atoms with Gasteiger partial charge in [0.05, 0.1) is 4.83 Å². The lowest BCUT2D eigenvalue weighted by molar-refractivity contribution is 0.171. The average Bonchev–Trinajstić information content (AvgIpc) is 2.77. The number of hydrogen-bond donors (Lipinski definition) is 0. The molecule has 100 valence electrons. The van der Waals surface area contributed by atoms with E-state index in [0.29, 0.717) is 13.2 Å². The number of fused-ring (bicyclic) bond motifs is 1. The van der Waals surface area contributed by atoms with Crippen LogP contribution in [-0.2, 0) is 0 Å². The summed E-state index contributed by atoms with van der Waals surface area (Å²) in [6, 6.07) is 8.02. The summed E-state index contributed by atoms with van der Waals surface area (Å²) in [5, 5.41) is 0. The van der Waals surface area contributed by atoms with E-state index in [1.807, 2.05) is 24.3 Å². The second-order valence-electron chi connectivity index (χ2n) is 4.04. The fourth-order valence-electron chi connectivity index (χ4n) is 1.87. The Morgan fingerprint density at radius 3 is 2.58 bits per heavy atom. The van der Waals surface area contributed by atoms with E-state index in [9.17, 15) is 0 Å². The zero-order chi connectivity index (χ0) is 13.4. The van der Waals surface area contributed by atoms with E-state index >= 15 is 0 Å². The first-order valence-electron chi connectivity index (χ1n) is 5.63. The summed E-state index contributed by atoms with van der Waals surface area (Å²) in [5.41, 5.74) is 1.12. The van der Waals surface area contributed by atoms with Crippen molar-refractivity contribution in [2.24, 2.45) is 0 Å². The summed E-state index contributed by atoms with van der Waals surface area (Å²) in [6.45, 7) is 1.21. The number of thiophene rings is 1. The number of hydrogen-bond acceptors (Lipinski definition) is 3. The second-order valence-corrected chi connectivity index (χ2v) is 7.49. The Balaban J connectivity index is 1.93. The smallest absolute Gasteiger partial charge is 0.161 e. The molecule has 0 saturated carbocycles. The molecule has 0 aliphatic carbocycles. The lowest BCUT2D eigenvalue weighted by Gasteiger charge is -2.19. The molecule has 3 rings (SSSR count). The van der Waals surface area contributed by atoms with E-state index in [1.165, 1.54) is 0 Å². The van der Waals surface area contributed by atoms with E-state index in [4.69, 9.17) is 21.1 Å². The predicted molar refractivity (Wildman–Crippen MR) is 85.2 cm³/mol. The zero-order valence-electron chi connectivity index (χ0n) is 9.66. The molecular weight excluding hydrogens is 415 g/mol.